The van der Waals surface area contributed by atoms with Gasteiger partial charge in [0.15, 0.2) is 0 Å². The van der Waals surface area contributed by atoms with Gasteiger partial charge in [-0.15, -0.1) is 0 Å². The summed E-state index contributed by atoms with van der Waals surface area (Å²) in [5.74, 6) is 0. The van der Waals surface area contributed by atoms with E-state index >= 15 is 0 Å². The van der Waals surface area contributed by atoms with E-state index in [1.807, 2.05) is 0 Å². The maximum absolute atomic E-state index is 3.56. The van der Waals surface area contributed by atoms with Crippen LogP contribution in [0, 0.1) is 0 Å². The van der Waals surface area contributed by atoms with Gasteiger partial charge >= 0.3 is 0 Å². The Morgan fingerprint density at radius 1 is 0.714 bits per heavy atom. The molecule has 1 rings (SSSR count). The maximum atomic E-state index is 3.56. The van der Waals surface area contributed by atoms with E-state index in [9.17, 15) is 0 Å². The number of hydrogen-bond acceptors (Lipinski definition) is 4. The molecular formula is C3H6N4. The number of rotatable bonds is 0. The van der Waals surface area contributed by atoms with Crippen LogP contribution in [0.15, 0.2) is 19.0 Å². The highest BCUT2D eigenvalue weighted by molar-refractivity contribution is 4.51. The molecule has 0 unspecified atom stereocenters. The predicted molar refractivity (Wildman–Crippen MR) is 24.8 cm³/mol. The van der Waals surface area contributed by atoms with Crippen LogP contribution in [0.4, 0.5) is 0 Å². The van der Waals surface area contributed by atoms with Crippen molar-refractivity contribution in [2.24, 2.45) is 0 Å². The first-order valence-corrected chi connectivity index (χ1v) is 1.55. The Labute approximate surface area is 41.2 Å². The molecule has 4 heteroatoms. The fourth-order valence-corrected chi connectivity index (χ4v) is 0.205. The third kappa shape index (κ3) is 1.77. The van der Waals surface area contributed by atoms with Crippen molar-refractivity contribution >= 4 is 0 Å². The standard InChI is InChI=1S/C3H3N3.H3N/c1-4-2-6-3-5-1;/h1-3H;1H3. The van der Waals surface area contributed by atoms with Crippen molar-refractivity contribution in [2.45, 2.75) is 0 Å². The largest absolute Gasteiger partial charge is 0.344 e. The first-order chi connectivity index (χ1) is 3.00. The molecule has 0 bridgehead atoms. The monoisotopic (exact) mass is 98.1 g/mol. The quantitative estimate of drug-likeness (QED) is 0.497. The predicted octanol–water partition coefficient (Wildman–Crippen LogP) is 0.0336. The first-order valence-electron chi connectivity index (χ1n) is 1.55. The van der Waals surface area contributed by atoms with Gasteiger partial charge in [-0.1, -0.05) is 0 Å². The lowest BCUT2D eigenvalue weighted by Gasteiger charge is -1.69. The lowest BCUT2D eigenvalue weighted by atomic mass is 11.1. The molecule has 0 aromatic carbocycles. The third-order valence-corrected chi connectivity index (χ3v) is 0.400. The van der Waals surface area contributed by atoms with Gasteiger partial charge in [-0.05, 0) is 0 Å². The maximum Gasteiger partial charge on any atom is 0.119 e. The summed E-state index contributed by atoms with van der Waals surface area (Å²) in [6.07, 6.45) is 4.31. The Hall–Kier alpha value is -1.03. The molecule has 0 radical (unpaired) electrons. The van der Waals surface area contributed by atoms with Crippen molar-refractivity contribution in [3.8, 4) is 0 Å². The lowest BCUT2D eigenvalue weighted by Crippen LogP contribution is -1.73. The summed E-state index contributed by atoms with van der Waals surface area (Å²) in [5.41, 5.74) is 0. The molecule has 3 N–H and O–H groups in total. The van der Waals surface area contributed by atoms with Crippen LogP contribution in [0.3, 0.4) is 0 Å². The normalized spacial score (nSPS) is 6.86. The molecule has 0 aliphatic heterocycles. The second-order valence-corrected chi connectivity index (χ2v) is 0.794. The fourth-order valence-electron chi connectivity index (χ4n) is 0.205. The zero-order valence-electron chi connectivity index (χ0n) is 3.78. The van der Waals surface area contributed by atoms with Gasteiger partial charge in [-0.25, -0.2) is 15.0 Å². The summed E-state index contributed by atoms with van der Waals surface area (Å²) in [5, 5.41) is 0. The van der Waals surface area contributed by atoms with E-state index < -0.39 is 0 Å². The van der Waals surface area contributed by atoms with Crippen LogP contribution in [-0.2, 0) is 0 Å². The average Bonchev–Trinajstić information content (AvgIpc) is 1.72. The molecule has 0 saturated heterocycles. The van der Waals surface area contributed by atoms with E-state index in [-0.39, 0.29) is 6.15 Å². The summed E-state index contributed by atoms with van der Waals surface area (Å²) < 4.78 is 0. The fraction of sp³-hybridized carbons (Fsp3) is 0. The van der Waals surface area contributed by atoms with Crippen molar-refractivity contribution in [1.29, 1.82) is 0 Å². The summed E-state index contributed by atoms with van der Waals surface area (Å²) in [6, 6.07) is 0. The van der Waals surface area contributed by atoms with Crippen molar-refractivity contribution < 1.29 is 0 Å². The number of nitrogens with zero attached hydrogens (tertiary/aromatic N) is 3. The molecular weight excluding hydrogens is 92.1 g/mol. The van der Waals surface area contributed by atoms with Crippen LogP contribution in [-0.4, -0.2) is 15.0 Å². The average molecular weight is 98.1 g/mol. The summed E-state index contributed by atoms with van der Waals surface area (Å²) in [7, 11) is 0. The van der Waals surface area contributed by atoms with E-state index in [4.69, 9.17) is 0 Å². The third-order valence-electron chi connectivity index (χ3n) is 0.400. The molecule has 1 aromatic heterocycles. The van der Waals surface area contributed by atoms with Crippen LogP contribution >= 0.6 is 0 Å². The first kappa shape index (κ1) is 5.97. The second kappa shape index (κ2) is 3.17. The zero-order chi connectivity index (χ0) is 4.24. The van der Waals surface area contributed by atoms with E-state index in [0.717, 1.165) is 0 Å². The molecule has 1 aromatic rings. The van der Waals surface area contributed by atoms with Crippen LogP contribution in [0.2, 0.25) is 0 Å². The second-order valence-electron chi connectivity index (χ2n) is 0.794. The van der Waals surface area contributed by atoms with E-state index in [1.54, 1.807) is 0 Å². The minimum atomic E-state index is 0. The van der Waals surface area contributed by atoms with E-state index in [2.05, 4.69) is 15.0 Å². The Morgan fingerprint density at radius 2 is 1.00 bits per heavy atom. The Kier molecular flexibility index (Phi) is 2.70. The molecule has 0 aliphatic rings. The Morgan fingerprint density at radius 3 is 1.14 bits per heavy atom. The smallest absolute Gasteiger partial charge is 0.119 e. The molecule has 0 spiro atoms. The molecule has 0 amide bonds. The van der Waals surface area contributed by atoms with Gasteiger partial charge in [0, 0.05) is 0 Å². The molecule has 7 heavy (non-hydrogen) atoms. The molecule has 1 heterocycles. The molecule has 0 aliphatic carbocycles. The highest BCUT2D eigenvalue weighted by atomic mass is 14.9. The van der Waals surface area contributed by atoms with Crippen molar-refractivity contribution in [3.63, 3.8) is 0 Å². The van der Waals surface area contributed by atoms with Gasteiger partial charge in [-0.2, -0.15) is 0 Å². The van der Waals surface area contributed by atoms with Gasteiger partial charge in [0.25, 0.3) is 0 Å². The molecule has 4 nitrogen and oxygen atoms in total. The molecule has 0 atom stereocenters. The summed E-state index contributed by atoms with van der Waals surface area (Å²) >= 11 is 0. The molecule has 38 valence electrons. The highest BCUT2D eigenvalue weighted by Gasteiger charge is 1.59. The van der Waals surface area contributed by atoms with Gasteiger partial charge in [0.2, 0.25) is 0 Å². The SMILES string of the molecule is N.c1ncncn1. The van der Waals surface area contributed by atoms with Gasteiger partial charge in [0.05, 0.1) is 0 Å². The summed E-state index contributed by atoms with van der Waals surface area (Å²) in [6.45, 7) is 0. The topological polar surface area (TPSA) is 73.7 Å². The van der Waals surface area contributed by atoms with Crippen molar-refractivity contribution in [2.75, 3.05) is 0 Å². The van der Waals surface area contributed by atoms with Gasteiger partial charge < -0.3 is 6.15 Å². The van der Waals surface area contributed by atoms with Gasteiger partial charge in [-0.3, -0.25) is 0 Å². The van der Waals surface area contributed by atoms with Crippen molar-refractivity contribution in [3.05, 3.63) is 19.0 Å². The minimum Gasteiger partial charge on any atom is -0.344 e. The zero-order valence-corrected chi connectivity index (χ0v) is 3.78. The van der Waals surface area contributed by atoms with Crippen LogP contribution < -0.4 is 6.15 Å². The van der Waals surface area contributed by atoms with Crippen LogP contribution in [0.5, 0.6) is 0 Å². The summed E-state index contributed by atoms with van der Waals surface area (Å²) in [4.78, 5) is 10.7. The Bertz CT molecular complexity index is 78.9. The molecule has 0 fully saturated rings. The highest BCUT2D eigenvalue weighted by Crippen LogP contribution is 1.57. The molecule has 0 saturated carbocycles. The number of hydrogen-bond donors (Lipinski definition) is 1. The Balaban J connectivity index is 0.000000360. The minimum absolute atomic E-state index is 0. The van der Waals surface area contributed by atoms with Gasteiger partial charge in [0.1, 0.15) is 19.0 Å². The lowest BCUT2D eigenvalue weighted by molar-refractivity contribution is 1.05. The number of aromatic nitrogens is 3. The van der Waals surface area contributed by atoms with Crippen LogP contribution in [0.25, 0.3) is 0 Å². The van der Waals surface area contributed by atoms with E-state index in [1.165, 1.54) is 19.0 Å². The van der Waals surface area contributed by atoms with Crippen LogP contribution in [0.1, 0.15) is 0 Å². The van der Waals surface area contributed by atoms with Crippen molar-refractivity contribution in [1.82, 2.24) is 21.1 Å². The van der Waals surface area contributed by atoms with E-state index in [0.29, 0.717) is 0 Å².